The topological polar surface area (TPSA) is 62.1 Å². The van der Waals surface area contributed by atoms with E-state index in [-0.39, 0.29) is 0 Å². The van der Waals surface area contributed by atoms with Crippen LogP contribution in [0.2, 0.25) is 0 Å². The highest BCUT2D eigenvalue weighted by molar-refractivity contribution is 6.18. The molecule has 2 aliphatic heterocycles. The molecular formula is C23H21N5O. The minimum atomic E-state index is 0.686. The number of para-hydroxylation sites is 1. The fraction of sp³-hybridized carbons (Fsp3) is 0.174. The summed E-state index contributed by atoms with van der Waals surface area (Å²) >= 11 is 0. The molecule has 0 amide bonds. The third-order valence-electron chi connectivity index (χ3n) is 5.12. The number of aliphatic imine (C=N–C) groups is 1. The zero-order valence-corrected chi connectivity index (χ0v) is 16.0. The Hall–Kier alpha value is -3.51. The number of aromatic nitrogens is 1. The number of fused-ring (bicyclic) bond motifs is 1. The smallest absolute Gasteiger partial charge is 0.155 e. The van der Waals surface area contributed by atoms with Gasteiger partial charge in [-0.1, -0.05) is 30.3 Å². The number of benzene rings is 2. The van der Waals surface area contributed by atoms with E-state index < -0.39 is 0 Å². The fourth-order valence-corrected chi connectivity index (χ4v) is 3.59. The van der Waals surface area contributed by atoms with E-state index >= 15 is 0 Å². The highest BCUT2D eigenvalue weighted by Crippen LogP contribution is 2.26. The first-order valence-corrected chi connectivity index (χ1v) is 9.74. The van der Waals surface area contributed by atoms with E-state index in [1.165, 1.54) is 5.69 Å². The van der Waals surface area contributed by atoms with Gasteiger partial charge >= 0.3 is 0 Å². The monoisotopic (exact) mass is 383 g/mol. The molecule has 29 heavy (non-hydrogen) atoms. The van der Waals surface area contributed by atoms with Crippen molar-refractivity contribution in [2.75, 3.05) is 31.2 Å². The number of nitrogens with one attached hydrogen (secondary N) is 1. The summed E-state index contributed by atoms with van der Waals surface area (Å²) in [7, 11) is 0. The van der Waals surface area contributed by atoms with Gasteiger partial charge in [0.2, 0.25) is 0 Å². The standard InChI is InChI=1S/C23H21N5O/c1-2-6-21-20(5-1)22(26-27-23(25-21)18-4-3-11-24-16-18)17-7-9-19(10-8-17)28-12-14-29-15-13-28/h1-11,16H,12-15H2,(H,25,27). The van der Waals surface area contributed by atoms with Crippen molar-refractivity contribution in [1.82, 2.24) is 10.4 Å². The minimum absolute atomic E-state index is 0.686. The number of nitrogens with zero attached hydrogens (tertiary/aromatic N) is 4. The van der Waals surface area contributed by atoms with E-state index in [4.69, 9.17) is 14.8 Å². The number of rotatable bonds is 3. The number of hydrogen-bond acceptors (Lipinski definition) is 6. The van der Waals surface area contributed by atoms with Gasteiger partial charge < -0.3 is 9.64 Å². The van der Waals surface area contributed by atoms with Gasteiger partial charge in [-0.3, -0.25) is 10.4 Å². The van der Waals surface area contributed by atoms with E-state index in [1.54, 1.807) is 12.4 Å². The van der Waals surface area contributed by atoms with Gasteiger partial charge in [0.15, 0.2) is 5.84 Å². The second-order valence-corrected chi connectivity index (χ2v) is 6.94. The number of pyridine rings is 1. The van der Waals surface area contributed by atoms with E-state index in [2.05, 4.69) is 45.6 Å². The van der Waals surface area contributed by atoms with Crippen LogP contribution in [-0.2, 0) is 4.74 Å². The lowest BCUT2D eigenvalue weighted by Gasteiger charge is -2.29. The molecule has 1 N–H and O–H groups in total. The first-order valence-electron chi connectivity index (χ1n) is 9.74. The van der Waals surface area contributed by atoms with E-state index in [0.29, 0.717) is 5.84 Å². The molecule has 0 aliphatic carbocycles. The van der Waals surface area contributed by atoms with Crippen LogP contribution in [0.1, 0.15) is 16.7 Å². The van der Waals surface area contributed by atoms with Gasteiger partial charge in [-0.15, -0.1) is 0 Å². The molecular weight excluding hydrogens is 362 g/mol. The lowest BCUT2D eigenvalue weighted by Crippen LogP contribution is -2.36. The van der Waals surface area contributed by atoms with Crippen LogP contribution >= 0.6 is 0 Å². The molecule has 1 fully saturated rings. The Kier molecular flexibility index (Phi) is 4.76. The maximum Gasteiger partial charge on any atom is 0.155 e. The molecule has 2 aromatic carbocycles. The number of ether oxygens (including phenoxy) is 1. The Morgan fingerprint density at radius 3 is 2.48 bits per heavy atom. The highest BCUT2D eigenvalue weighted by Gasteiger charge is 2.18. The minimum Gasteiger partial charge on any atom is -0.378 e. The molecule has 6 heteroatoms. The predicted octanol–water partition coefficient (Wildman–Crippen LogP) is 3.35. The van der Waals surface area contributed by atoms with Crippen molar-refractivity contribution in [1.29, 1.82) is 0 Å². The zero-order valence-electron chi connectivity index (χ0n) is 16.0. The number of morpholine rings is 1. The van der Waals surface area contributed by atoms with Gasteiger partial charge in [-0.25, -0.2) is 4.99 Å². The lowest BCUT2D eigenvalue weighted by atomic mass is 10.0. The van der Waals surface area contributed by atoms with Crippen LogP contribution in [0.4, 0.5) is 11.4 Å². The van der Waals surface area contributed by atoms with E-state index in [1.807, 2.05) is 30.3 Å². The molecule has 1 aromatic heterocycles. The molecule has 3 aromatic rings. The van der Waals surface area contributed by atoms with Crippen LogP contribution < -0.4 is 10.3 Å². The van der Waals surface area contributed by atoms with Gasteiger partial charge in [0.1, 0.15) is 0 Å². The Balaban J connectivity index is 1.50. The van der Waals surface area contributed by atoms with Crippen molar-refractivity contribution in [2.45, 2.75) is 0 Å². The third-order valence-corrected chi connectivity index (χ3v) is 5.12. The van der Waals surface area contributed by atoms with Crippen molar-refractivity contribution >= 4 is 22.9 Å². The van der Waals surface area contributed by atoms with Crippen LogP contribution in [0, 0.1) is 0 Å². The summed E-state index contributed by atoms with van der Waals surface area (Å²) in [5.41, 5.74) is 9.05. The molecule has 144 valence electrons. The molecule has 0 saturated carbocycles. The van der Waals surface area contributed by atoms with Crippen molar-refractivity contribution in [3.63, 3.8) is 0 Å². The third kappa shape index (κ3) is 3.62. The second-order valence-electron chi connectivity index (χ2n) is 6.94. The Bertz CT molecular complexity index is 1050. The summed E-state index contributed by atoms with van der Waals surface area (Å²) in [4.78, 5) is 11.3. The number of hydrogen-bond donors (Lipinski definition) is 1. The quantitative estimate of drug-likeness (QED) is 0.753. The van der Waals surface area contributed by atoms with Gasteiger partial charge in [0.05, 0.1) is 24.6 Å². The largest absolute Gasteiger partial charge is 0.378 e. The maximum absolute atomic E-state index is 5.45. The molecule has 1 saturated heterocycles. The summed E-state index contributed by atoms with van der Waals surface area (Å²) in [6.07, 6.45) is 3.53. The Labute approximate surface area is 169 Å². The van der Waals surface area contributed by atoms with Crippen LogP contribution in [0.5, 0.6) is 0 Å². The average molecular weight is 383 g/mol. The first kappa shape index (κ1) is 17.6. The molecule has 0 bridgehead atoms. The molecule has 2 aliphatic rings. The fourth-order valence-electron chi connectivity index (χ4n) is 3.59. The molecule has 0 atom stereocenters. The molecule has 0 unspecified atom stereocenters. The summed E-state index contributed by atoms with van der Waals surface area (Å²) < 4.78 is 5.45. The van der Waals surface area contributed by atoms with Crippen molar-refractivity contribution < 1.29 is 4.74 Å². The summed E-state index contributed by atoms with van der Waals surface area (Å²) in [5.74, 6) is 0.686. The van der Waals surface area contributed by atoms with Gasteiger partial charge in [0.25, 0.3) is 0 Å². The number of anilines is 1. The van der Waals surface area contributed by atoms with Crippen LogP contribution in [0.25, 0.3) is 0 Å². The summed E-state index contributed by atoms with van der Waals surface area (Å²) in [6, 6.07) is 20.5. The predicted molar refractivity (Wildman–Crippen MR) is 115 cm³/mol. The highest BCUT2D eigenvalue weighted by atomic mass is 16.5. The Morgan fingerprint density at radius 2 is 1.69 bits per heavy atom. The van der Waals surface area contributed by atoms with E-state index in [0.717, 1.165) is 54.4 Å². The first-order chi connectivity index (χ1) is 14.4. The lowest BCUT2D eigenvalue weighted by molar-refractivity contribution is 0.122. The number of amidine groups is 1. The second kappa shape index (κ2) is 7.85. The molecule has 3 heterocycles. The Morgan fingerprint density at radius 1 is 0.862 bits per heavy atom. The van der Waals surface area contributed by atoms with Crippen molar-refractivity contribution in [2.24, 2.45) is 10.1 Å². The van der Waals surface area contributed by atoms with Gasteiger partial charge in [-0.05, 0) is 30.3 Å². The van der Waals surface area contributed by atoms with Crippen LogP contribution in [-0.4, -0.2) is 42.8 Å². The maximum atomic E-state index is 5.45. The SMILES string of the molecule is c1cncc(C2=Nc3ccccc3C(c3ccc(N4CCOCC4)cc3)=NN2)c1. The normalized spacial score (nSPS) is 16.2. The van der Waals surface area contributed by atoms with Crippen molar-refractivity contribution in [3.8, 4) is 0 Å². The molecule has 5 rings (SSSR count). The van der Waals surface area contributed by atoms with Gasteiger partial charge in [-0.2, -0.15) is 5.10 Å². The summed E-state index contributed by atoms with van der Waals surface area (Å²) in [6.45, 7) is 3.40. The molecule has 0 spiro atoms. The molecule has 0 radical (unpaired) electrons. The van der Waals surface area contributed by atoms with E-state index in [9.17, 15) is 0 Å². The zero-order chi connectivity index (χ0) is 19.5. The van der Waals surface area contributed by atoms with Crippen molar-refractivity contribution in [3.05, 3.63) is 89.7 Å². The van der Waals surface area contributed by atoms with Gasteiger partial charge in [0, 0.05) is 47.9 Å². The van der Waals surface area contributed by atoms with Crippen LogP contribution in [0.15, 0.2) is 83.2 Å². The number of hydrazone groups is 1. The average Bonchev–Trinajstić information content (AvgIpc) is 3.00. The molecule has 6 nitrogen and oxygen atoms in total. The van der Waals surface area contributed by atoms with Crippen LogP contribution in [0.3, 0.4) is 0 Å². The summed E-state index contributed by atoms with van der Waals surface area (Å²) in [5, 5.41) is 4.71.